The molecule has 2 amide bonds. The van der Waals surface area contributed by atoms with Crippen molar-refractivity contribution in [3.63, 3.8) is 0 Å². The van der Waals surface area contributed by atoms with E-state index in [-0.39, 0.29) is 24.7 Å². The molecule has 4 rings (SSSR count). The van der Waals surface area contributed by atoms with Gasteiger partial charge in [-0.25, -0.2) is 0 Å². The van der Waals surface area contributed by atoms with Gasteiger partial charge in [-0.15, -0.1) is 0 Å². The maximum absolute atomic E-state index is 13.3. The van der Waals surface area contributed by atoms with E-state index in [1.54, 1.807) is 21.3 Å². The molecular weight excluding hydrogens is 406 g/mol. The number of nitrogens with zero attached hydrogens (tertiary/aromatic N) is 1. The number of carbonyl (C=O) groups is 2. The van der Waals surface area contributed by atoms with Gasteiger partial charge in [0.25, 0.3) is 0 Å². The molecule has 0 bridgehead atoms. The van der Waals surface area contributed by atoms with E-state index >= 15 is 0 Å². The minimum Gasteiger partial charge on any atom is -0.496 e. The van der Waals surface area contributed by atoms with Crippen LogP contribution in [-0.2, 0) is 15.1 Å². The Bertz CT molecular complexity index is 1020. The van der Waals surface area contributed by atoms with Crippen molar-refractivity contribution in [1.82, 2.24) is 4.90 Å². The Labute approximate surface area is 187 Å². The highest BCUT2D eigenvalue weighted by atomic mass is 16.5. The fraction of sp³-hybridized carbons (Fsp3) is 0.231. The lowest BCUT2D eigenvalue weighted by atomic mass is 9.74. The predicted octanol–water partition coefficient (Wildman–Crippen LogP) is 4.15. The van der Waals surface area contributed by atoms with Crippen LogP contribution >= 0.6 is 0 Å². The maximum Gasteiger partial charge on any atom is 0.231 e. The number of rotatable bonds is 7. The number of imide groups is 1. The second kappa shape index (κ2) is 8.75. The molecule has 0 saturated carbocycles. The van der Waals surface area contributed by atoms with Crippen LogP contribution in [0.5, 0.6) is 17.2 Å². The summed E-state index contributed by atoms with van der Waals surface area (Å²) in [5, 5.41) is 0. The summed E-state index contributed by atoms with van der Waals surface area (Å²) in [5.74, 6) is 1.08. The molecule has 1 heterocycles. The van der Waals surface area contributed by atoms with Crippen molar-refractivity contribution in [2.75, 3.05) is 21.3 Å². The van der Waals surface area contributed by atoms with Crippen LogP contribution in [0.2, 0.25) is 0 Å². The lowest BCUT2D eigenvalue weighted by Gasteiger charge is -2.43. The highest BCUT2D eigenvalue weighted by molar-refractivity contribution is 6.04. The minimum absolute atomic E-state index is 0.139. The molecule has 1 aliphatic heterocycles. The first-order valence-corrected chi connectivity index (χ1v) is 10.4. The third kappa shape index (κ3) is 3.19. The Balaban J connectivity index is 2.25. The molecule has 1 aliphatic rings. The van der Waals surface area contributed by atoms with Crippen LogP contribution in [0.25, 0.3) is 0 Å². The molecule has 0 aliphatic carbocycles. The smallest absolute Gasteiger partial charge is 0.231 e. The molecule has 0 aromatic heterocycles. The third-order valence-electron chi connectivity index (χ3n) is 5.88. The normalized spacial score (nSPS) is 13.9. The van der Waals surface area contributed by atoms with Gasteiger partial charge < -0.3 is 14.2 Å². The van der Waals surface area contributed by atoms with Gasteiger partial charge in [0.1, 0.15) is 22.8 Å². The van der Waals surface area contributed by atoms with Crippen LogP contribution in [-0.4, -0.2) is 38.0 Å². The van der Waals surface area contributed by atoms with Crippen molar-refractivity contribution < 1.29 is 23.8 Å². The van der Waals surface area contributed by atoms with Crippen LogP contribution in [0, 0.1) is 0 Å². The quantitative estimate of drug-likeness (QED) is 0.415. The Hall–Kier alpha value is -3.80. The second-order valence-electron chi connectivity index (χ2n) is 7.43. The summed E-state index contributed by atoms with van der Waals surface area (Å²) in [7, 11) is 4.71. The van der Waals surface area contributed by atoms with E-state index in [0.717, 1.165) is 0 Å². The largest absolute Gasteiger partial charge is 0.496 e. The molecule has 0 spiro atoms. The van der Waals surface area contributed by atoms with E-state index in [2.05, 4.69) is 0 Å². The molecule has 0 unspecified atom stereocenters. The maximum atomic E-state index is 13.3. The molecule has 32 heavy (non-hydrogen) atoms. The highest BCUT2D eigenvalue weighted by Crippen LogP contribution is 2.52. The fourth-order valence-electron chi connectivity index (χ4n) is 4.58. The van der Waals surface area contributed by atoms with Crippen molar-refractivity contribution in [3.05, 3.63) is 89.5 Å². The summed E-state index contributed by atoms with van der Waals surface area (Å²) in [5.41, 5.74) is 0.552. The van der Waals surface area contributed by atoms with Crippen molar-refractivity contribution in [2.24, 2.45) is 0 Å². The number of para-hydroxylation sites is 3. The SMILES string of the molecule is COc1ccccc1C(c1ccccc1OC)(c1ccccc1OC)N1C(=O)CCC1=O. The van der Waals surface area contributed by atoms with Gasteiger partial charge in [0.05, 0.1) is 21.3 Å². The van der Waals surface area contributed by atoms with E-state index in [9.17, 15) is 9.59 Å². The second-order valence-corrected chi connectivity index (χ2v) is 7.43. The highest BCUT2D eigenvalue weighted by Gasteiger charge is 2.53. The Morgan fingerprint density at radius 3 is 1.22 bits per heavy atom. The summed E-state index contributed by atoms with van der Waals surface area (Å²) in [6.45, 7) is 0. The molecule has 1 fully saturated rings. The summed E-state index contributed by atoms with van der Waals surface area (Å²) >= 11 is 0. The number of amides is 2. The van der Waals surface area contributed by atoms with Gasteiger partial charge in [-0.05, 0) is 18.2 Å². The molecule has 3 aromatic carbocycles. The average molecular weight is 431 g/mol. The molecule has 6 heteroatoms. The number of methoxy groups -OCH3 is 3. The zero-order valence-corrected chi connectivity index (χ0v) is 18.3. The first-order chi connectivity index (χ1) is 15.6. The molecule has 1 saturated heterocycles. The average Bonchev–Trinajstić information content (AvgIpc) is 3.19. The first kappa shape index (κ1) is 21.4. The molecule has 0 N–H and O–H groups in total. The van der Waals surface area contributed by atoms with Crippen LogP contribution in [0.15, 0.2) is 72.8 Å². The van der Waals surface area contributed by atoms with E-state index in [0.29, 0.717) is 33.9 Å². The molecule has 164 valence electrons. The lowest BCUT2D eigenvalue weighted by Crippen LogP contribution is -2.51. The fourth-order valence-corrected chi connectivity index (χ4v) is 4.58. The van der Waals surface area contributed by atoms with Crippen LogP contribution < -0.4 is 14.2 Å². The van der Waals surface area contributed by atoms with Crippen LogP contribution in [0.1, 0.15) is 29.5 Å². The summed E-state index contributed by atoms with van der Waals surface area (Å²) < 4.78 is 17.2. The molecule has 0 atom stereocenters. The monoisotopic (exact) mass is 431 g/mol. The van der Waals surface area contributed by atoms with Gasteiger partial charge >= 0.3 is 0 Å². The number of hydrogen-bond donors (Lipinski definition) is 0. The van der Waals surface area contributed by atoms with Crippen molar-refractivity contribution in [1.29, 1.82) is 0 Å². The van der Waals surface area contributed by atoms with Gasteiger partial charge in [-0.3, -0.25) is 14.5 Å². The van der Waals surface area contributed by atoms with E-state index < -0.39 is 5.54 Å². The third-order valence-corrected chi connectivity index (χ3v) is 5.88. The zero-order valence-electron chi connectivity index (χ0n) is 18.3. The molecule has 6 nitrogen and oxygen atoms in total. The van der Waals surface area contributed by atoms with Crippen molar-refractivity contribution >= 4 is 11.8 Å². The van der Waals surface area contributed by atoms with Crippen LogP contribution in [0.3, 0.4) is 0 Å². The number of hydrogen-bond acceptors (Lipinski definition) is 5. The minimum atomic E-state index is -1.36. The van der Waals surface area contributed by atoms with Gasteiger partial charge in [0.2, 0.25) is 11.8 Å². The van der Waals surface area contributed by atoms with E-state index in [1.807, 2.05) is 72.8 Å². The predicted molar refractivity (Wildman–Crippen MR) is 120 cm³/mol. The summed E-state index contributed by atoms with van der Waals surface area (Å²) in [6, 6.07) is 22.2. The standard InChI is InChI=1S/C26H25NO5/c1-30-21-13-7-4-10-18(21)26(27-24(28)16-17-25(27)29,19-11-5-8-14-22(19)31-2)20-12-6-9-15-23(20)32-3/h4-15H,16-17H2,1-3H3. The zero-order chi connectivity index (χ0) is 22.7. The number of benzene rings is 3. The molecule has 3 aromatic rings. The van der Waals surface area contributed by atoms with Gasteiger partial charge in [-0.1, -0.05) is 54.6 Å². The topological polar surface area (TPSA) is 65.1 Å². The van der Waals surface area contributed by atoms with Gasteiger partial charge in [0.15, 0.2) is 0 Å². The van der Waals surface area contributed by atoms with E-state index in [1.165, 1.54) is 4.90 Å². The Morgan fingerprint density at radius 2 is 0.906 bits per heavy atom. The summed E-state index contributed by atoms with van der Waals surface area (Å²) in [6.07, 6.45) is 0.278. The Morgan fingerprint density at radius 1 is 0.594 bits per heavy atom. The van der Waals surface area contributed by atoms with Gasteiger partial charge in [0, 0.05) is 29.5 Å². The molecular formula is C26H25NO5. The van der Waals surface area contributed by atoms with E-state index in [4.69, 9.17) is 14.2 Å². The summed E-state index contributed by atoms with van der Waals surface area (Å²) in [4.78, 5) is 28.0. The lowest BCUT2D eigenvalue weighted by molar-refractivity contribution is -0.143. The number of carbonyl (C=O) groups excluding carboxylic acids is 2. The molecule has 0 radical (unpaired) electrons. The number of likely N-dealkylation sites (tertiary alicyclic amines) is 1. The van der Waals surface area contributed by atoms with Crippen LogP contribution in [0.4, 0.5) is 0 Å². The number of ether oxygens (including phenoxy) is 3. The first-order valence-electron chi connectivity index (χ1n) is 10.4. The Kier molecular flexibility index (Phi) is 5.86. The van der Waals surface area contributed by atoms with Crippen molar-refractivity contribution in [3.8, 4) is 17.2 Å². The van der Waals surface area contributed by atoms with Crippen molar-refractivity contribution in [2.45, 2.75) is 18.4 Å². The van der Waals surface area contributed by atoms with Gasteiger partial charge in [-0.2, -0.15) is 0 Å².